The molecule has 2 amide bonds. The Morgan fingerprint density at radius 3 is 2.48 bits per heavy atom. The van der Waals surface area contributed by atoms with Crippen molar-refractivity contribution < 1.29 is 14.3 Å². The van der Waals surface area contributed by atoms with Crippen molar-refractivity contribution in [1.29, 1.82) is 0 Å². The van der Waals surface area contributed by atoms with Crippen LogP contribution >= 0.6 is 0 Å². The highest BCUT2D eigenvalue weighted by molar-refractivity contribution is 5.98. The van der Waals surface area contributed by atoms with E-state index in [0.717, 1.165) is 35.7 Å². The van der Waals surface area contributed by atoms with Crippen molar-refractivity contribution >= 4 is 23.3 Å². The number of aromatic nitrogens is 2. The molecule has 3 heterocycles. The Morgan fingerprint density at radius 2 is 1.79 bits per heavy atom. The zero-order valence-electron chi connectivity index (χ0n) is 18.6. The highest BCUT2D eigenvalue weighted by Crippen LogP contribution is 2.32. The van der Waals surface area contributed by atoms with Crippen LogP contribution in [0.5, 0.6) is 5.75 Å². The molecule has 2 aliphatic heterocycles. The maximum Gasteiger partial charge on any atom is 0.231 e. The lowest BCUT2D eigenvalue weighted by Gasteiger charge is -2.37. The summed E-state index contributed by atoms with van der Waals surface area (Å²) in [6.45, 7) is 3.22. The Hall–Kier alpha value is -3.81. The third-order valence-corrected chi connectivity index (χ3v) is 6.42. The van der Waals surface area contributed by atoms with Gasteiger partial charge in [-0.3, -0.25) is 9.59 Å². The summed E-state index contributed by atoms with van der Waals surface area (Å²) in [5.74, 6) is 1.000. The fraction of sp³-hybridized carbons (Fsp3) is 0.320. The molecular formula is C25H27N5O3. The van der Waals surface area contributed by atoms with E-state index < -0.39 is 5.92 Å². The van der Waals surface area contributed by atoms with E-state index in [1.807, 2.05) is 59.5 Å². The first-order valence-electron chi connectivity index (χ1n) is 11.2. The Labute approximate surface area is 192 Å². The third-order valence-electron chi connectivity index (χ3n) is 6.42. The summed E-state index contributed by atoms with van der Waals surface area (Å²) in [6.07, 6.45) is 1.96. The molecule has 2 aromatic carbocycles. The molecular weight excluding hydrogens is 418 g/mol. The molecule has 0 unspecified atom stereocenters. The molecule has 0 radical (unpaired) electrons. The van der Waals surface area contributed by atoms with Gasteiger partial charge in [0.15, 0.2) is 0 Å². The number of hydrogen-bond acceptors (Lipinski definition) is 5. The predicted molar refractivity (Wildman–Crippen MR) is 126 cm³/mol. The summed E-state index contributed by atoms with van der Waals surface area (Å²) < 4.78 is 7.02. The van der Waals surface area contributed by atoms with Crippen LogP contribution in [0, 0.1) is 5.92 Å². The normalized spacial score (nSPS) is 18.0. The van der Waals surface area contributed by atoms with Crippen molar-refractivity contribution in [1.82, 2.24) is 14.7 Å². The lowest BCUT2D eigenvalue weighted by molar-refractivity contribution is -0.135. The number of amides is 2. The first-order valence-corrected chi connectivity index (χ1v) is 11.2. The number of carbonyl (C=O) groups excluding carboxylic acids is 2. The van der Waals surface area contributed by atoms with E-state index in [-0.39, 0.29) is 18.2 Å². The van der Waals surface area contributed by atoms with Crippen LogP contribution in [0.4, 0.5) is 11.5 Å². The highest BCUT2D eigenvalue weighted by atomic mass is 16.5. The molecule has 170 valence electrons. The van der Waals surface area contributed by atoms with Gasteiger partial charge in [0.05, 0.1) is 25.8 Å². The van der Waals surface area contributed by atoms with Crippen molar-refractivity contribution in [3.05, 3.63) is 60.8 Å². The van der Waals surface area contributed by atoms with Crippen LogP contribution in [0.1, 0.15) is 6.42 Å². The van der Waals surface area contributed by atoms with Crippen LogP contribution < -0.4 is 15.0 Å². The van der Waals surface area contributed by atoms with E-state index in [1.54, 1.807) is 18.0 Å². The highest BCUT2D eigenvalue weighted by Gasteiger charge is 2.32. The van der Waals surface area contributed by atoms with Crippen LogP contribution in [0.3, 0.4) is 0 Å². The quantitative estimate of drug-likeness (QED) is 0.653. The van der Waals surface area contributed by atoms with Gasteiger partial charge in [0.25, 0.3) is 0 Å². The number of benzene rings is 2. The number of anilines is 2. The predicted octanol–water partition coefficient (Wildman–Crippen LogP) is 2.87. The molecule has 2 aliphatic rings. The summed E-state index contributed by atoms with van der Waals surface area (Å²) in [5, 5.41) is 7.43. The molecule has 0 aliphatic carbocycles. The average Bonchev–Trinajstić information content (AvgIpc) is 3.27. The van der Waals surface area contributed by atoms with Gasteiger partial charge in [0, 0.05) is 43.9 Å². The van der Waals surface area contributed by atoms with E-state index >= 15 is 0 Å². The minimum Gasteiger partial charge on any atom is -0.497 e. The number of hydrogen-bond donors (Lipinski definition) is 1. The van der Waals surface area contributed by atoms with E-state index in [2.05, 4.69) is 15.3 Å². The van der Waals surface area contributed by atoms with Gasteiger partial charge in [0.1, 0.15) is 11.6 Å². The van der Waals surface area contributed by atoms with Crippen LogP contribution in [0.2, 0.25) is 0 Å². The van der Waals surface area contributed by atoms with Crippen molar-refractivity contribution in [3.8, 4) is 16.9 Å². The molecule has 8 nitrogen and oxygen atoms in total. The van der Waals surface area contributed by atoms with Gasteiger partial charge in [-0.05, 0) is 29.8 Å². The molecule has 1 atom stereocenters. The SMILES string of the molecule is COc1ccc(N2CCN(C(=O)C[C@H]3Cn4ncc(-c5ccccc5)c4NC3=O)CC2)cc1. The second kappa shape index (κ2) is 8.97. The topological polar surface area (TPSA) is 79.7 Å². The number of nitrogens with zero attached hydrogens (tertiary/aromatic N) is 4. The minimum atomic E-state index is -0.423. The maximum absolute atomic E-state index is 13.0. The van der Waals surface area contributed by atoms with Gasteiger partial charge in [-0.1, -0.05) is 30.3 Å². The van der Waals surface area contributed by atoms with Gasteiger partial charge >= 0.3 is 0 Å². The second-order valence-electron chi connectivity index (χ2n) is 8.41. The first-order chi connectivity index (χ1) is 16.1. The van der Waals surface area contributed by atoms with E-state index in [1.165, 1.54) is 0 Å². The first kappa shape index (κ1) is 21.1. The minimum absolute atomic E-state index is 0.0171. The van der Waals surface area contributed by atoms with E-state index in [4.69, 9.17) is 4.74 Å². The molecule has 1 fully saturated rings. The third kappa shape index (κ3) is 4.28. The van der Waals surface area contributed by atoms with Crippen molar-refractivity contribution in [3.63, 3.8) is 0 Å². The van der Waals surface area contributed by atoms with Gasteiger partial charge in [0.2, 0.25) is 11.8 Å². The van der Waals surface area contributed by atoms with E-state index in [0.29, 0.717) is 25.5 Å². The van der Waals surface area contributed by atoms with Gasteiger partial charge in [-0.2, -0.15) is 5.10 Å². The van der Waals surface area contributed by atoms with E-state index in [9.17, 15) is 9.59 Å². The molecule has 1 N–H and O–H groups in total. The summed E-state index contributed by atoms with van der Waals surface area (Å²) in [4.78, 5) is 29.9. The molecule has 0 bridgehead atoms. The summed E-state index contributed by atoms with van der Waals surface area (Å²) >= 11 is 0. The lowest BCUT2D eigenvalue weighted by atomic mass is 10.0. The molecule has 33 heavy (non-hydrogen) atoms. The van der Waals surface area contributed by atoms with Crippen LogP contribution in [-0.2, 0) is 16.1 Å². The van der Waals surface area contributed by atoms with Crippen LogP contribution in [0.15, 0.2) is 60.8 Å². The second-order valence-corrected chi connectivity index (χ2v) is 8.41. The Bertz CT molecular complexity index is 1130. The number of piperazine rings is 1. The molecule has 0 saturated carbocycles. The molecule has 8 heteroatoms. The molecule has 1 aromatic heterocycles. The van der Waals surface area contributed by atoms with Crippen molar-refractivity contribution in [2.24, 2.45) is 5.92 Å². The number of nitrogens with one attached hydrogen (secondary N) is 1. The van der Waals surface area contributed by atoms with Gasteiger partial charge in [-0.25, -0.2) is 4.68 Å². The average molecular weight is 446 g/mol. The number of ether oxygens (including phenoxy) is 1. The molecule has 1 saturated heterocycles. The number of carbonyl (C=O) groups is 2. The summed E-state index contributed by atoms with van der Waals surface area (Å²) in [6, 6.07) is 17.8. The fourth-order valence-electron chi connectivity index (χ4n) is 4.50. The zero-order chi connectivity index (χ0) is 22.8. The largest absolute Gasteiger partial charge is 0.497 e. The van der Waals surface area contributed by atoms with Crippen molar-refractivity contribution in [2.75, 3.05) is 43.5 Å². The Morgan fingerprint density at radius 1 is 1.06 bits per heavy atom. The van der Waals surface area contributed by atoms with Crippen molar-refractivity contribution in [2.45, 2.75) is 13.0 Å². The summed E-state index contributed by atoms with van der Waals surface area (Å²) in [7, 11) is 1.65. The van der Waals surface area contributed by atoms with Crippen LogP contribution in [-0.4, -0.2) is 59.8 Å². The number of fused-ring (bicyclic) bond motifs is 1. The standard InChI is InChI=1S/C25H27N5O3/c1-33-21-9-7-20(8-10-21)28-11-13-29(14-12-28)23(31)15-19-17-30-24(27-25(19)32)22(16-26-30)18-5-3-2-4-6-18/h2-10,16,19H,11-15,17H2,1H3,(H,27,32)/t19-/m0/s1. The van der Waals surface area contributed by atoms with Gasteiger partial charge in [-0.15, -0.1) is 0 Å². The fourth-order valence-corrected chi connectivity index (χ4v) is 4.50. The maximum atomic E-state index is 13.0. The van der Waals surface area contributed by atoms with Crippen LogP contribution in [0.25, 0.3) is 11.1 Å². The Balaban J connectivity index is 1.19. The molecule has 3 aromatic rings. The number of methoxy groups -OCH3 is 1. The smallest absolute Gasteiger partial charge is 0.231 e. The van der Waals surface area contributed by atoms with Gasteiger partial charge < -0.3 is 19.9 Å². The lowest BCUT2D eigenvalue weighted by Crippen LogP contribution is -2.49. The zero-order valence-corrected chi connectivity index (χ0v) is 18.6. The monoisotopic (exact) mass is 445 g/mol. The molecule has 0 spiro atoms. The summed E-state index contributed by atoms with van der Waals surface area (Å²) in [5.41, 5.74) is 3.02. The Kier molecular flexibility index (Phi) is 5.73. The number of rotatable bonds is 5. The molecule has 5 rings (SSSR count).